The Balaban J connectivity index is 4.20. The third-order valence-corrected chi connectivity index (χ3v) is 1.86. The highest BCUT2D eigenvalue weighted by atomic mass is 19.4. The summed E-state index contributed by atoms with van der Waals surface area (Å²) in [6.45, 7) is 0.308. The molecule has 3 atom stereocenters. The number of methoxy groups -OCH3 is 1. The van der Waals surface area contributed by atoms with Gasteiger partial charge in [-0.05, 0) is 6.92 Å². The number of aliphatic hydroxyl groups is 1. The quantitative estimate of drug-likeness (QED) is 0.689. The standard InChI is InChI=1S/C8H16F3NO3/c1-5(8(9,10)11)15-7(3-13)6(12)4-14-2/h5-7,13H,3-4,12H2,1-2H3. The van der Waals surface area contributed by atoms with Crippen LogP contribution in [0.5, 0.6) is 0 Å². The van der Waals surface area contributed by atoms with Crippen molar-refractivity contribution in [1.29, 1.82) is 0 Å². The lowest BCUT2D eigenvalue weighted by Gasteiger charge is -2.26. The van der Waals surface area contributed by atoms with Crippen LogP contribution in [0.4, 0.5) is 13.2 Å². The molecule has 3 unspecified atom stereocenters. The van der Waals surface area contributed by atoms with Crippen LogP contribution in [0.3, 0.4) is 0 Å². The SMILES string of the molecule is COCC(N)C(CO)OC(C)C(F)(F)F. The molecule has 0 aliphatic heterocycles. The molecule has 0 heterocycles. The highest BCUT2D eigenvalue weighted by Crippen LogP contribution is 2.23. The normalized spacial score (nSPS) is 18.6. The smallest absolute Gasteiger partial charge is 0.394 e. The minimum atomic E-state index is -4.46. The Hall–Kier alpha value is -0.370. The van der Waals surface area contributed by atoms with Crippen molar-refractivity contribution in [1.82, 2.24) is 0 Å². The van der Waals surface area contributed by atoms with Gasteiger partial charge < -0.3 is 20.3 Å². The molecule has 92 valence electrons. The molecule has 0 radical (unpaired) electrons. The van der Waals surface area contributed by atoms with Gasteiger partial charge in [-0.3, -0.25) is 0 Å². The van der Waals surface area contributed by atoms with Crippen molar-refractivity contribution in [3.63, 3.8) is 0 Å². The van der Waals surface area contributed by atoms with Crippen LogP contribution < -0.4 is 5.73 Å². The van der Waals surface area contributed by atoms with Gasteiger partial charge in [-0.15, -0.1) is 0 Å². The molecular formula is C8H16F3NO3. The van der Waals surface area contributed by atoms with Crippen LogP contribution in [0.15, 0.2) is 0 Å². The molecule has 15 heavy (non-hydrogen) atoms. The number of aliphatic hydroxyl groups excluding tert-OH is 1. The van der Waals surface area contributed by atoms with E-state index in [0.717, 1.165) is 6.92 Å². The maximum absolute atomic E-state index is 12.1. The molecule has 0 aromatic rings. The van der Waals surface area contributed by atoms with Crippen molar-refractivity contribution in [2.75, 3.05) is 20.3 Å². The summed E-state index contributed by atoms with van der Waals surface area (Å²) in [5.41, 5.74) is 5.45. The second-order valence-electron chi connectivity index (χ2n) is 3.16. The first-order valence-electron chi connectivity index (χ1n) is 4.40. The Morgan fingerprint density at radius 1 is 1.40 bits per heavy atom. The zero-order valence-electron chi connectivity index (χ0n) is 8.62. The van der Waals surface area contributed by atoms with Gasteiger partial charge in [0.15, 0.2) is 6.10 Å². The van der Waals surface area contributed by atoms with E-state index in [9.17, 15) is 13.2 Å². The summed E-state index contributed by atoms with van der Waals surface area (Å²) in [6.07, 6.45) is -7.50. The fourth-order valence-corrected chi connectivity index (χ4v) is 0.918. The van der Waals surface area contributed by atoms with E-state index in [4.69, 9.17) is 10.8 Å². The van der Waals surface area contributed by atoms with Crippen molar-refractivity contribution in [3.05, 3.63) is 0 Å². The van der Waals surface area contributed by atoms with Crippen LogP contribution in [0, 0.1) is 0 Å². The number of hydrogen-bond donors (Lipinski definition) is 2. The number of alkyl halides is 3. The molecule has 0 aromatic heterocycles. The summed E-state index contributed by atoms with van der Waals surface area (Å²) in [5.74, 6) is 0. The largest absolute Gasteiger partial charge is 0.414 e. The second-order valence-corrected chi connectivity index (χ2v) is 3.16. The Morgan fingerprint density at radius 3 is 2.27 bits per heavy atom. The molecule has 7 heteroatoms. The molecule has 0 saturated heterocycles. The molecule has 0 fully saturated rings. The van der Waals surface area contributed by atoms with Crippen molar-refractivity contribution >= 4 is 0 Å². The lowest BCUT2D eigenvalue weighted by Crippen LogP contribution is -2.46. The van der Waals surface area contributed by atoms with E-state index in [2.05, 4.69) is 9.47 Å². The van der Waals surface area contributed by atoms with Crippen molar-refractivity contribution < 1.29 is 27.8 Å². The van der Waals surface area contributed by atoms with Crippen molar-refractivity contribution in [2.45, 2.75) is 31.3 Å². The topological polar surface area (TPSA) is 64.7 Å². The number of ether oxygens (including phenoxy) is 2. The molecule has 0 saturated carbocycles. The van der Waals surface area contributed by atoms with Crippen LogP contribution >= 0.6 is 0 Å². The molecular weight excluding hydrogens is 215 g/mol. The molecule has 3 N–H and O–H groups in total. The predicted molar refractivity (Wildman–Crippen MR) is 47.3 cm³/mol. The van der Waals surface area contributed by atoms with Crippen LogP contribution in [-0.4, -0.2) is 49.9 Å². The highest BCUT2D eigenvalue weighted by Gasteiger charge is 2.39. The molecule has 0 aromatic carbocycles. The summed E-state index contributed by atoms with van der Waals surface area (Å²) >= 11 is 0. The summed E-state index contributed by atoms with van der Waals surface area (Å²) in [6, 6.07) is -0.787. The summed E-state index contributed by atoms with van der Waals surface area (Å²) in [7, 11) is 1.36. The van der Waals surface area contributed by atoms with Gasteiger partial charge in [-0.2, -0.15) is 13.2 Å². The number of hydrogen-bond acceptors (Lipinski definition) is 4. The summed E-state index contributed by atoms with van der Waals surface area (Å²) in [4.78, 5) is 0. The number of nitrogens with two attached hydrogens (primary N) is 1. The van der Waals surface area contributed by atoms with Gasteiger partial charge in [-0.1, -0.05) is 0 Å². The first-order valence-corrected chi connectivity index (χ1v) is 4.40. The third-order valence-electron chi connectivity index (χ3n) is 1.86. The monoisotopic (exact) mass is 231 g/mol. The zero-order chi connectivity index (χ0) is 12.1. The third kappa shape index (κ3) is 5.31. The van der Waals surface area contributed by atoms with E-state index in [0.29, 0.717) is 0 Å². The van der Waals surface area contributed by atoms with Gasteiger partial charge in [-0.25, -0.2) is 0 Å². The van der Waals surface area contributed by atoms with Gasteiger partial charge in [0.2, 0.25) is 0 Å². The fraction of sp³-hybridized carbons (Fsp3) is 1.00. The van der Waals surface area contributed by atoms with Crippen molar-refractivity contribution in [2.24, 2.45) is 5.73 Å². The number of rotatable bonds is 6. The first-order chi connectivity index (χ1) is 6.82. The average Bonchev–Trinajstić information content (AvgIpc) is 2.12. The second kappa shape index (κ2) is 6.26. The van der Waals surface area contributed by atoms with E-state index < -0.39 is 31.0 Å². The lowest BCUT2D eigenvalue weighted by atomic mass is 10.2. The summed E-state index contributed by atoms with van der Waals surface area (Å²) < 4.78 is 45.6. The van der Waals surface area contributed by atoms with E-state index >= 15 is 0 Å². The molecule has 0 aliphatic rings. The van der Waals surface area contributed by atoms with Crippen LogP contribution in [-0.2, 0) is 9.47 Å². The Bertz CT molecular complexity index is 177. The van der Waals surface area contributed by atoms with E-state index in [1.807, 2.05) is 0 Å². The molecule has 0 aliphatic carbocycles. The van der Waals surface area contributed by atoms with Crippen molar-refractivity contribution in [3.8, 4) is 0 Å². The van der Waals surface area contributed by atoms with Crippen LogP contribution in [0.25, 0.3) is 0 Å². The van der Waals surface area contributed by atoms with Gasteiger partial charge >= 0.3 is 6.18 Å². The average molecular weight is 231 g/mol. The molecule has 0 amide bonds. The lowest BCUT2D eigenvalue weighted by molar-refractivity contribution is -0.232. The Morgan fingerprint density at radius 2 is 1.93 bits per heavy atom. The van der Waals surface area contributed by atoms with Gasteiger partial charge in [0.05, 0.1) is 25.4 Å². The van der Waals surface area contributed by atoms with Gasteiger partial charge in [0, 0.05) is 7.11 Å². The summed E-state index contributed by atoms with van der Waals surface area (Å²) in [5, 5.41) is 8.81. The maximum atomic E-state index is 12.1. The van der Waals surface area contributed by atoms with E-state index in [-0.39, 0.29) is 6.61 Å². The first kappa shape index (κ1) is 14.6. The van der Waals surface area contributed by atoms with E-state index in [1.165, 1.54) is 7.11 Å². The fourth-order valence-electron chi connectivity index (χ4n) is 0.918. The molecule has 4 nitrogen and oxygen atoms in total. The Kier molecular flexibility index (Phi) is 6.11. The van der Waals surface area contributed by atoms with Gasteiger partial charge in [0.1, 0.15) is 0 Å². The highest BCUT2D eigenvalue weighted by molar-refractivity contribution is 4.75. The van der Waals surface area contributed by atoms with Gasteiger partial charge in [0.25, 0.3) is 0 Å². The zero-order valence-corrected chi connectivity index (χ0v) is 8.62. The van der Waals surface area contributed by atoms with Crippen LogP contribution in [0.2, 0.25) is 0 Å². The molecule has 0 spiro atoms. The predicted octanol–water partition coefficient (Wildman–Crippen LogP) is 0.288. The molecule has 0 rings (SSSR count). The number of halogens is 3. The Labute approximate surface area is 86.2 Å². The van der Waals surface area contributed by atoms with Crippen LogP contribution in [0.1, 0.15) is 6.92 Å². The maximum Gasteiger partial charge on any atom is 0.414 e. The van der Waals surface area contributed by atoms with E-state index in [1.54, 1.807) is 0 Å². The molecule has 0 bridgehead atoms. The minimum Gasteiger partial charge on any atom is -0.394 e. The minimum absolute atomic E-state index is 0.0236.